The van der Waals surface area contributed by atoms with Gasteiger partial charge in [0.25, 0.3) is 0 Å². The second kappa shape index (κ2) is 4.32. The highest BCUT2D eigenvalue weighted by Gasteiger charge is 2.12. The van der Waals surface area contributed by atoms with E-state index in [9.17, 15) is 4.79 Å². The van der Waals surface area contributed by atoms with Crippen LogP contribution >= 0.6 is 0 Å². The molecule has 0 spiro atoms. The summed E-state index contributed by atoms with van der Waals surface area (Å²) >= 11 is 0. The lowest BCUT2D eigenvalue weighted by atomic mass is 10.2. The normalized spacial score (nSPS) is 10.5. The smallest absolute Gasteiger partial charge is 0.339 e. The quantitative estimate of drug-likeness (QED) is 0.855. The highest BCUT2D eigenvalue weighted by Crippen LogP contribution is 2.10. The fourth-order valence-corrected chi connectivity index (χ4v) is 1.52. The molecule has 0 unspecified atom stereocenters. The van der Waals surface area contributed by atoms with Gasteiger partial charge in [0.15, 0.2) is 0 Å². The molecule has 0 atom stereocenters. The molecule has 0 amide bonds. The van der Waals surface area contributed by atoms with Crippen LogP contribution in [0.3, 0.4) is 0 Å². The number of hydrogen-bond acceptors (Lipinski definition) is 4. The Balaban J connectivity index is 2.36. The first-order valence-electron chi connectivity index (χ1n) is 5.10. The van der Waals surface area contributed by atoms with Crippen LogP contribution in [0.1, 0.15) is 27.4 Å². The van der Waals surface area contributed by atoms with Crippen molar-refractivity contribution in [1.29, 1.82) is 0 Å². The Hall–Kier alpha value is -2.24. The summed E-state index contributed by atoms with van der Waals surface area (Å²) in [7, 11) is 0. The molecule has 17 heavy (non-hydrogen) atoms. The van der Waals surface area contributed by atoms with Crippen molar-refractivity contribution in [1.82, 2.24) is 19.5 Å². The van der Waals surface area contributed by atoms with E-state index in [1.807, 2.05) is 18.4 Å². The molecule has 6 nitrogen and oxygen atoms in total. The molecule has 0 saturated carbocycles. The van der Waals surface area contributed by atoms with E-state index in [4.69, 9.17) is 5.11 Å². The Labute approximate surface area is 98.0 Å². The largest absolute Gasteiger partial charge is 0.478 e. The summed E-state index contributed by atoms with van der Waals surface area (Å²) in [5.74, 6) is -1.02. The van der Waals surface area contributed by atoms with E-state index in [1.165, 1.54) is 12.5 Å². The van der Waals surface area contributed by atoms with Crippen LogP contribution < -0.4 is 0 Å². The number of aromatic nitrogens is 4. The van der Waals surface area contributed by atoms with Crippen molar-refractivity contribution in [2.75, 3.05) is 0 Å². The van der Waals surface area contributed by atoms with Crippen LogP contribution in [0.4, 0.5) is 0 Å². The Morgan fingerprint density at radius 1 is 1.41 bits per heavy atom. The van der Waals surface area contributed by atoms with Crippen LogP contribution in [0.2, 0.25) is 0 Å². The Morgan fingerprint density at radius 2 is 2.18 bits per heavy atom. The van der Waals surface area contributed by atoms with E-state index in [-0.39, 0.29) is 5.56 Å². The van der Waals surface area contributed by atoms with Gasteiger partial charge in [-0.05, 0) is 13.8 Å². The lowest BCUT2D eigenvalue weighted by Gasteiger charge is -2.07. The summed E-state index contributed by atoms with van der Waals surface area (Å²) in [6, 6.07) is 0. The van der Waals surface area contributed by atoms with Crippen LogP contribution in [0.15, 0.2) is 18.9 Å². The zero-order valence-electron chi connectivity index (χ0n) is 9.58. The van der Waals surface area contributed by atoms with E-state index in [2.05, 4.69) is 15.0 Å². The molecule has 1 N–H and O–H groups in total. The summed E-state index contributed by atoms with van der Waals surface area (Å²) in [4.78, 5) is 22.9. The zero-order chi connectivity index (χ0) is 12.4. The Bertz CT molecular complexity index is 562. The van der Waals surface area contributed by atoms with Gasteiger partial charge in [0.2, 0.25) is 0 Å². The minimum atomic E-state index is -1.02. The van der Waals surface area contributed by atoms with Gasteiger partial charge in [-0.15, -0.1) is 0 Å². The average Bonchev–Trinajstić information content (AvgIpc) is 2.61. The van der Waals surface area contributed by atoms with E-state index in [0.29, 0.717) is 12.2 Å². The van der Waals surface area contributed by atoms with Gasteiger partial charge in [-0.2, -0.15) is 0 Å². The third-order valence-corrected chi connectivity index (χ3v) is 2.69. The van der Waals surface area contributed by atoms with Gasteiger partial charge in [-0.1, -0.05) is 0 Å². The van der Waals surface area contributed by atoms with E-state index in [0.717, 1.165) is 11.4 Å². The molecule has 0 bridgehead atoms. The monoisotopic (exact) mass is 232 g/mol. The van der Waals surface area contributed by atoms with Crippen molar-refractivity contribution in [3.8, 4) is 0 Å². The van der Waals surface area contributed by atoms with Gasteiger partial charge in [-0.25, -0.2) is 19.7 Å². The number of aryl methyl sites for hydroxylation is 1. The summed E-state index contributed by atoms with van der Waals surface area (Å²) in [5, 5.41) is 9.01. The summed E-state index contributed by atoms with van der Waals surface area (Å²) < 4.78 is 1.87. The number of nitrogens with zero attached hydrogens (tertiary/aromatic N) is 4. The van der Waals surface area contributed by atoms with Gasteiger partial charge >= 0.3 is 5.97 Å². The molecule has 2 aromatic heterocycles. The molecule has 0 aromatic carbocycles. The van der Waals surface area contributed by atoms with Crippen molar-refractivity contribution in [3.05, 3.63) is 41.5 Å². The molecule has 0 aliphatic heterocycles. The number of rotatable bonds is 3. The molecule has 6 heteroatoms. The summed E-state index contributed by atoms with van der Waals surface area (Å²) in [6.45, 7) is 4.23. The van der Waals surface area contributed by atoms with Crippen LogP contribution in [-0.4, -0.2) is 30.6 Å². The summed E-state index contributed by atoms with van der Waals surface area (Å²) in [5.41, 5.74) is 2.53. The van der Waals surface area contributed by atoms with Gasteiger partial charge in [-0.3, -0.25) is 0 Å². The van der Waals surface area contributed by atoms with Gasteiger partial charge in [0, 0.05) is 11.9 Å². The molecule has 88 valence electrons. The predicted octanol–water partition coefficient (Wildman–Crippen LogP) is 1.04. The number of carbonyl (C=O) groups is 1. The van der Waals surface area contributed by atoms with Crippen molar-refractivity contribution < 1.29 is 9.90 Å². The standard InChI is InChI=1S/C11H12N4O2/c1-7-8(2)15(6-14-7)4-10-9(11(16)17)3-12-5-13-10/h3,5-6H,4H2,1-2H3,(H,16,17). The third kappa shape index (κ3) is 2.15. The molecule has 0 radical (unpaired) electrons. The molecule has 0 fully saturated rings. The van der Waals surface area contributed by atoms with Crippen LogP contribution in [-0.2, 0) is 6.54 Å². The lowest BCUT2D eigenvalue weighted by molar-refractivity contribution is 0.0694. The van der Waals surface area contributed by atoms with Gasteiger partial charge in [0.05, 0.1) is 24.3 Å². The average molecular weight is 232 g/mol. The van der Waals surface area contributed by atoms with E-state index >= 15 is 0 Å². The molecule has 0 aliphatic carbocycles. The second-order valence-corrected chi connectivity index (χ2v) is 3.73. The maximum atomic E-state index is 11.0. The molecule has 2 rings (SSSR count). The Kier molecular flexibility index (Phi) is 2.86. The first-order valence-corrected chi connectivity index (χ1v) is 5.10. The topological polar surface area (TPSA) is 80.9 Å². The maximum Gasteiger partial charge on any atom is 0.339 e. The maximum absolute atomic E-state index is 11.0. The predicted molar refractivity (Wildman–Crippen MR) is 59.8 cm³/mol. The zero-order valence-corrected chi connectivity index (χ0v) is 9.58. The minimum absolute atomic E-state index is 0.123. The fourth-order valence-electron chi connectivity index (χ4n) is 1.52. The van der Waals surface area contributed by atoms with Crippen LogP contribution in [0, 0.1) is 13.8 Å². The minimum Gasteiger partial charge on any atom is -0.478 e. The number of aromatic carboxylic acids is 1. The van der Waals surface area contributed by atoms with Gasteiger partial charge in [0.1, 0.15) is 11.9 Å². The second-order valence-electron chi connectivity index (χ2n) is 3.73. The van der Waals surface area contributed by atoms with Gasteiger partial charge < -0.3 is 9.67 Å². The highest BCUT2D eigenvalue weighted by atomic mass is 16.4. The number of carboxylic acids is 1. The number of imidazole rings is 1. The molecule has 2 aromatic rings. The first kappa shape index (κ1) is 11.3. The molecule has 2 heterocycles. The highest BCUT2D eigenvalue weighted by molar-refractivity contribution is 5.88. The fraction of sp³-hybridized carbons (Fsp3) is 0.273. The third-order valence-electron chi connectivity index (χ3n) is 2.69. The summed E-state index contributed by atoms with van der Waals surface area (Å²) in [6.07, 6.45) is 4.34. The number of hydrogen-bond donors (Lipinski definition) is 1. The SMILES string of the molecule is Cc1ncn(Cc2ncncc2C(=O)O)c1C. The van der Waals surface area contributed by atoms with Crippen molar-refractivity contribution >= 4 is 5.97 Å². The van der Waals surface area contributed by atoms with Crippen molar-refractivity contribution in [2.45, 2.75) is 20.4 Å². The Morgan fingerprint density at radius 3 is 2.76 bits per heavy atom. The molecular weight excluding hydrogens is 220 g/mol. The van der Waals surface area contributed by atoms with Crippen LogP contribution in [0.25, 0.3) is 0 Å². The van der Waals surface area contributed by atoms with Crippen molar-refractivity contribution in [2.24, 2.45) is 0 Å². The van der Waals surface area contributed by atoms with E-state index < -0.39 is 5.97 Å². The molecular formula is C11H12N4O2. The number of carboxylic acid groups (broad SMARTS) is 1. The van der Waals surface area contributed by atoms with Crippen molar-refractivity contribution in [3.63, 3.8) is 0 Å². The van der Waals surface area contributed by atoms with E-state index in [1.54, 1.807) is 6.33 Å². The van der Waals surface area contributed by atoms with Crippen LogP contribution in [0.5, 0.6) is 0 Å². The molecule has 0 aliphatic rings. The first-order chi connectivity index (χ1) is 8.09. The lowest BCUT2D eigenvalue weighted by Crippen LogP contribution is -2.10. The molecule has 0 saturated heterocycles.